The van der Waals surface area contributed by atoms with Crippen molar-refractivity contribution in [2.24, 2.45) is 5.92 Å². The average molecular weight is 275 g/mol. The normalized spacial score (nSPS) is 28.5. The number of hydrogen-bond acceptors (Lipinski definition) is 3. The van der Waals surface area contributed by atoms with E-state index in [1.54, 1.807) is 7.11 Å². The maximum absolute atomic E-state index is 12.5. The maximum atomic E-state index is 12.5. The van der Waals surface area contributed by atoms with Crippen LogP contribution in [0.4, 0.5) is 0 Å². The Kier molecular flexibility index (Phi) is 3.66. The topological polar surface area (TPSA) is 49.8 Å². The van der Waals surface area contributed by atoms with Crippen molar-refractivity contribution in [3.63, 3.8) is 0 Å². The fraction of sp³-hybridized carbons (Fsp3) is 0.562. The molecule has 0 bridgehead atoms. The highest BCUT2D eigenvalue weighted by atomic mass is 16.5. The number of aliphatic hydroxyl groups excluding tert-OH is 1. The zero-order chi connectivity index (χ0) is 14.1. The first-order chi connectivity index (χ1) is 9.74. The smallest absolute Gasteiger partial charge is 0.226 e. The van der Waals surface area contributed by atoms with Crippen molar-refractivity contribution in [3.05, 3.63) is 29.8 Å². The summed E-state index contributed by atoms with van der Waals surface area (Å²) in [6, 6.07) is 8.01. The van der Waals surface area contributed by atoms with Crippen LogP contribution in [-0.4, -0.2) is 42.2 Å². The van der Waals surface area contributed by atoms with E-state index in [1.165, 1.54) is 5.56 Å². The Morgan fingerprint density at radius 1 is 1.50 bits per heavy atom. The summed E-state index contributed by atoms with van der Waals surface area (Å²) in [4.78, 5) is 14.4. The number of nitrogens with zero attached hydrogens (tertiary/aromatic N) is 1. The van der Waals surface area contributed by atoms with E-state index in [4.69, 9.17) is 4.74 Å². The molecule has 3 rings (SSSR count). The molecule has 2 fully saturated rings. The average Bonchev–Trinajstić information content (AvgIpc) is 3.15. The van der Waals surface area contributed by atoms with E-state index in [9.17, 15) is 9.90 Å². The number of carbonyl (C=O) groups is 1. The second kappa shape index (κ2) is 5.44. The number of ether oxygens (including phenoxy) is 1. The largest absolute Gasteiger partial charge is 0.497 e. The summed E-state index contributed by atoms with van der Waals surface area (Å²) in [5.41, 5.74) is 1.18. The zero-order valence-corrected chi connectivity index (χ0v) is 11.8. The summed E-state index contributed by atoms with van der Waals surface area (Å²) in [5, 5.41) is 9.33. The van der Waals surface area contributed by atoms with Crippen LogP contribution in [0.1, 0.15) is 30.7 Å². The number of benzene rings is 1. The van der Waals surface area contributed by atoms with Crippen molar-refractivity contribution in [1.29, 1.82) is 0 Å². The van der Waals surface area contributed by atoms with E-state index in [0.29, 0.717) is 5.92 Å². The molecule has 4 nitrogen and oxygen atoms in total. The molecule has 1 saturated heterocycles. The van der Waals surface area contributed by atoms with E-state index in [1.807, 2.05) is 23.1 Å². The molecular weight excluding hydrogens is 254 g/mol. The van der Waals surface area contributed by atoms with Crippen LogP contribution in [0.2, 0.25) is 0 Å². The Morgan fingerprint density at radius 3 is 3.10 bits per heavy atom. The van der Waals surface area contributed by atoms with Crippen molar-refractivity contribution in [2.75, 3.05) is 20.3 Å². The van der Waals surface area contributed by atoms with Gasteiger partial charge in [0.1, 0.15) is 5.75 Å². The van der Waals surface area contributed by atoms with E-state index in [-0.39, 0.29) is 24.5 Å². The summed E-state index contributed by atoms with van der Waals surface area (Å²) >= 11 is 0. The van der Waals surface area contributed by atoms with Gasteiger partial charge in [0.25, 0.3) is 0 Å². The molecule has 2 aliphatic rings. The molecule has 1 N–H and O–H groups in total. The van der Waals surface area contributed by atoms with Crippen LogP contribution in [0.5, 0.6) is 5.75 Å². The second-order valence-corrected chi connectivity index (χ2v) is 5.74. The van der Waals surface area contributed by atoms with Crippen molar-refractivity contribution >= 4 is 5.91 Å². The van der Waals surface area contributed by atoms with Gasteiger partial charge in [0, 0.05) is 12.5 Å². The molecule has 1 aromatic carbocycles. The Hall–Kier alpha value is -1.55. The summed E-state index contributed by atoms with van der Waals surface area (Å²) in [7, 11) is 1.66. The van der Waals surface area contributed by atoms with Crippen LogP contribution in [-0.2, 0) is 4.79 Å². The number of amides is 1. The van der Waals surface area contributed by atoms with Gasteiger partial charge in [-0.15, -0.1) is 0 Å². The van der Waals surface area contributed by atoms with Gasteiger partial charge >= 0.3 is 0 Å². The van der Waals surface area contributed by atoms with Gasteiger partial charge in [0.05, 0.1) is 19.8 Å². The first-order valence-corrected chi connectivity index (χ1v) is 7.30. The zero-order valence-electron chi connectivity index (χ0n) is 11.8. The van der Waals surface area contributed by atoms with Crippen molar-refractivity contribution in [1.82, 2.24) is 4.90 Å². The van der Waals surface area contributed by atoms with Gasteiger partial charge in [0.2, 0.25) is 5.91 Å². The van der Waals surface area contributed by atoms with Crippen LogP contribution in [0.25, 0.3) is 0 Å². The molecule has 108 valence electrons. The molecule has 3 atom stereocenters. The maximum Gasteiger partial charge on any atom is 0.226 e. The van der Waals surface area contributed by atoms with Gasteiger partial charge in [-0.1, -0.05) is 12.1 Å². The summed E-state index contributed by atoms with van der Waals surface area (Å²) in [6.45, 7) is 0.883. The molecule has 0 spiro atoms. The van der Waals surface area contributed by atoms with Crippen LogP contribution < -0.4 is 4.74 Å². The Labute approximate surface area is 119 Å². The third-order valence-corrected chi connectivity index (χ3v) is 4.50. The second-order valence-electron chi connectivity index (χ2n) is 5.74. The van der Waals surface area contributed by atoms with E-state index in [0.717, 1.165) is 31.6 Å². The molecule has 4 heteroatoms. The van der Waals surface area contributed by atoms with E-state index in [2.05, 4.69) is 6.07 Å². The highest BCUT2D eigenvalue weighted by molar-refractivity contribution is 5.83. The molecule has 1 aromatic rings. The molecule has 0 radical (unpaired) electrons. The van der Waals surface area contributed by atoms with Gasteiger partial charge in [0.15, 0.2) is 0 Å². The summed E-state index contributed by atoms with van der Waals surface area (Å²) in [5.74, 6) is 1.47. The van der Waals surface area contributed by atoms with Crippen LogP contribution in [0.3, 0.4) is 0 Å². The molecular formula is C16H21NO3. The van der Waals surface area contributed by atoms with E-state index < -0.39 is 0 Å². The number of rotatable bonds is 4. The first-order valence-electron chi connectivity index (χ1n) is 7.30. The van der Waals surface area contributed by atoms with Gasteiger partial charge in [-0.25, -0.2) is 0 Å². The van der Waals surface area contributed by atoms with Crippen LogP contribution in [0, 0.1) is 5.92 Å². The fourth-order valence-electron chi connectivity index (χ4n) is 3.24. The summed E-state index contributed by atoms with van der Waals surface area (Å²) in [6.07, 6.45) is 2.85. The lowest BCUT2D eigenvalue weighted by atomic mass is 10.1. The van der Waals surface area contributed by atoms with Crippen LogP contribution >= 0.6 is 0 Å². The lowest BCUT2D eigenvalue weighted by molar-refractivity contribution is -0.134. The first kappa shape index (κ1) is 13.4. The third kappa shape index (κ3) is 2.40. The number of likely N-dealkylation sites (tertiary alicyclic amines) is 1. The lowest BCUT2D eigenvalue weighted by Gasteiger charge is -2.23. The Balaban J connectivity index is 1.67. The number of methoxy groups -OCH3 is 1. The monoisotopic (exact) mass is 275 g/mol. The quantitative estimate of drug-likeness (QED) is 0.911. The Bertz CT molecular complexity index is 502. The molecule has 1 saturated carbocycles. The fourth-order valence-corrected chi connectivity index (χ4v) is 3.24. The van der Waals surface area contributed by atoms with Crippen molar-refractivity contribution in [3.8, 4) is 5.75 Å². The molecule has 1 heterocycles. The number of carbonyl (C=O) groups excluding carboxylic acids is 1. The minimum atomic E-state index is 0.0362. The predicted molar refractivity (Wildman–Crippen MR) is 75.7 cm³/mol. The van der Waals surface area contributed by atoms with Crippen molar-refractivity contribution in [2.45, 2.75) is 31.2 Å². The third-order valence-electron chi connectivity index (χ3n) is 4.50. The molecule has 0 unspecified atom stereocenters. The SMILES string of the molecule is COc1cccc([C@@H]2C[C@H]2C(=O)N2CCC[C@H]2CO)c1. The van der Waals surface area contributed by atoms with Gasteiger partial charge in [-0.2, -0.15) is 0 Å². The molecule has 0 aromatic heterocycles. The standard InChI is InChI=1S/C16H21NO3/c1-20-13-6-2-4-11(8-13)14-9-15(14)16(19)17-7-3-5-12(17)10-18/h2,4,6,8,12,14-15,18H,3,5,7,9-10H2,1H3/t12-,14-,15+/m0/s1. The van der Waals surface area contributed by atoms with Gasteiger partial charge < -0.3 is 14.7 Å². The predicted octanol–water partition coefficient (Wildman–Crippen LogP) is 1.78. The summed E-state index contributed by atoms with van der Waals surface area (Å²) < 4.78 is 5.23. The molecule has 1 aliphatic carbocycles. The van der Waals surface area contributed by atoms with Gasteiger partial charge in [-0.05, 0) is 42.9 Å². The molecule has 1 amide bonds. The number of hydrogen-bond donors (Lipinski definition) is 1. The number of aliphatic hydroxyl groups is 1. The highest BCUT2D eigenvalue weighted by Gasteiger charge is 2.47. The lowest BCUT2D eigenvalue weighted by Crippen LogP contribution is -2.38. The molecule has 20 heavy (non-hydrogen) atoms. The van der Waals surface area contributed by atoms with Crippen molar-refractivity contribution < 1.29 is 14.6 Å². The minimum Gasteiger partial charge on any atom is -0.497 e. The van der Waals surface area contributed by atoms with Gasteiger partial charge in [-0.3, -0.25) is 4.79 Å². The highest BCUT2D eigenvalue weighted by Crippen LogP contribution is 2.49. The minimum absolute atomic E-state index is 0.0362. The Morgan fingerprint density at radius 2 is 2.35 bits per heavy atom. The molecule has 1 aliphatic heterocycles. The van der Waals surface area contributed by atoms with Crippen LogP contribution in [0.15, 0.2) is 24.3 Å². The van der Waals surface area contributed by atoms with E-state index >= 15 is 0 Å².